The molecule has 2 aromatic carbocycles. The van der Waals surface area contributed by atoms with Crippen molar-refractivity contribution in [3.63, 3.8) is 0 Å². The molecule has 0 unspecified atom stereocenters. The first-order valence-electron chi connectivity index (χ1n) is 8.82. The molecule has 0 radical (unpaired) electrons. The molecule has 1 N–H and O–H groups in total. The molecule has 0 bridgehead atoms. The Hall–Kier alpha value is -2.48. The van der Waals surface area contributed by atoms with Gasteiger partial charge < -0.3 is 0 Å². The van der Waals surface area contributed by atoms with E-state index in [4.69, 9.17) is 11.6 Å². The molecule has 6 nitrogen and oxygen atoms in total. The van der Waals surface area contributed by atoms with Gasteiger partial charge in [-0.2, -0.15) is 5.10 Å². The summed E-state index contributed by atoms with van der Waals surface area (Å²) in [6.45, 7) is 2.17. The lowest BCUT2D eigenvalue weighted by atomic mass is 10.1. The highest BCUT2D eigenvalue weighted by atomic mass is 35.5. The fourth-order valence-electron chi connectivity index (χ4n) is 2.66. The zero-order valence-electron chi connectivity index (χ0n) is 15.3. The Morgan fingerprint density at radius 2 is 1.68 bits per heavy atom. The summed E-state index contributed by atoms with van der Waals surface area (Å²) in [6, 6.07) is 16.9. The molecule has 0 aliphatic heterocycles. The van der Waals surface area contributed by atoms with Crippen LogP contribution in [0.4, 0.5) is 0 Å². The summed E-state index contributed by atoms with van der Waals surface area (Å²) < 4.78 is 28.5. The minimum Gasteiger partial charge on any atom is -0.268 e. The molecule has 146 valence electrons. The van der Waals surface area contributed by atoms with E-state index < -0.39 is 10.0 Å². The van der Waals surface area contributed by atoms with Crippen LogP contribution in [0.1, 0.15) is 12.5 Å². The van der Waals surface area contributed by atoms with E-state index in [2.05, 4.69) is 9.82 Å². The number of nitrogens with one attached hydrogen (secondary N) is 1. The number of aromatic nitrogens is 2. The summed E-state index contributed by atoms with van der Waals surface area (Å²) >= 11 is 5.89. The largest absolute Gasteiger partial charge is 0.268 e. The third kappa shape index (κ3) is 4.86. The van der Waals surface area contributed by atoms with Crippen LogP contribution in [0.2, 0.25) is 5.02 Å². The minimum absolute atomic E-state index is 0.0504. The van der Waals surface area contributed by atoms with Gasteiger partial charge in [0.1, 0.15) is 0 Å². The first kappa shape index (κ1) is 20.3. The van der Waals surface area contributed by atoms with Gasteiger partial charge in [-0.25, -0.2) is 17.8 Å². The van der Waals surface area contributed by atoms with Gasteiger partial charge >= 0.3 is 0 Å². The zero-order valence-corrected chi connectivity index (χ0v) is 16.9. The third-order valence-electron chi connectivity index (χ3n) is 4.26. The Morgan fingerprint density at radius 3 is 2.32 bits per heavy atom. The van der Waals surface area contributed by atoms with Crippen LogP contribution in [0.5, 0.6) is 0 Å². The Labute approximate surface area is 168 Å². The Morgan fingerprint density at radius 1 is 1.00 bits per heavy atom. The summed E-state index contributed by atoms with van der Waals surface area (Å²) in [5.74, 6) is 0. The van der Waals surface area contributed by atoms with Gasteiger partial charge in [0.2, 0.25) is 10.0 Å². The van der Waals surface area contributed by atoms with Crippen molar-refractivity contribution in [2.45, 2.75) is 24.8 Å². The molecule has 8 heteroatoms. The quantitative estimate of drug-likeness (QED) is 0.640. The van der Waals surface area contributed by atoms with Crippen LogP contribution in [0.3, 0.4) is 0 Å². The number of hydrogen-bond acceptors (Lipinski definition) is 4. The van der Waals surface area contributed by atoms with Crippen molar-refractivity contribution in [1.29, 1.82) is 0 Å². The molecule has 3 rings (SSSR count). The van der Waals surface area contributed by atoms with Crippen LogP contribution in [-0.4, -0.2) is 24.7 Å². The van der Waals surface area contributed by atoms with Gasteiger partial charge in [0.05, 0.1) is 17.1 Å². The van der Waals surface area contributed by atoms with Crippen LogP contribution >= 0.6 is 11.6 Å². The standard InChI is InChI=1S/C20H20ClN3O3S/c1-2-15-3-9-18(10-4-15)28(26,27)22-13-14-24-20(25)12-11-19(23-24)16-5-7-17(21)8-6-16/h3-12,22H,2,13-14H2,1H3. The van der Waals surface area contributed by atoms with Gasteiger partial charge in [0.15, 0.2) is 0 Å². The smallest absolute Gasteiger partial charge is 0.266 e. The number of aryl methyl sites for hydroxylation is 1. The van der Waals surface area contributed by atoms with Crippen LogP contribution in [0.15, 0.2) is 70.4 Å². The number of sulfonamides is 1. The minimum atomic E-state index is -3.64. The summed E-state index contributed by atoms with van der Waals surface area (Å²) in [4.78, 5) is 12.2. The second-order valence-corrected chi connectivity index (χ2v) is 8.39. The van der Waals surface area contributed by atoms with Crippen LogP contribution < -0.4 is 10.3 Å². The number of nitrogens with zero attached hydrogens (tertiary/aromatic N) is 2. The van der Waals surface area contributed by atoms with Crippen molar-refractivity contribution in [2.24, 2.45) is 0 Å². The maximum absolute atomic E-state index is 12.4. The van der Waals surface area contributed by atoms with Crippen molar-refractivity contribution in [3.8, 4) is 11.3 Å². The van der Waals surface area contributed by atoms with Gasteiger partial charge in [-0.15, -0.1) is 0 Å². The SMILES string of the molecule is CCc1ccc(S(=O)(=O)NCCn2nc(-c3ccc(Cl)cc3)ccc2=O)cc1. The van der Waals surface area contributed by atoms with E-state index in [1.54, 1.807) is 42.5 Å². The lowest BCUT2D eigenvalue weighted by Gasteiger charge is -2.10. The molecule has 0 atom stereocenters. The molecule has 0 saturated carbocycles. The lowest BCUT2D eigenvalue weighted by molar-refractivity contribution is 0.548. The summed E-state index contributed by atoms with van der Waals surface area (Å²) in [5.41, 5.74) is 2.18. The highest BCUT2D eigenvalue weighted by molar-refractivity contribution is 7.89. The molecular formula is C20H20ClN3O3S. The van der Waals surface area contributed by atoms with E-state index in [0.717, 1.165) is 17.5 Å². The van der Waals surface area contributed by atoms with E-state index in [1.165, 1.54) is 10.7 Å². The van der Waals surface area contributed by atoms with E-state index in [1.807, 2.05) is 19.1 Å². The van der Waals surface area contributed by atoms with E-state index in [-0.39, 0.29) is 23.5 Å². The summed E-state index contributed by atoms with van der Waals surface area (Å²) in [6.07, 6.45) is 0.840. The molecule has 28 heavy (non-hydrogen) atoms. The molecule has 0 spiro atoms. The Balaban J connectivity index is 1.70. The molecule has 3 aromatic rings. The second-order valence-electron chi connectivity index (χ2n) is 6.18. The monoisotopic (exact) mass is 417 g/mol. The van der Waals surface area contributed by atoms with Gasteiger partial charge in [-0.3, -0.25) is 4.79 Å². The van der Waals surface area contributed by atoms with Crippen molar-refractivity contribution in [2.75, 3.05) is 6.54 Å². The first-order chi connectivity index (χ1) is 13.4. The van der Waals surface area contributed by atoms with E-state index >= 15 is 0 Å². The topological polar surface area (TPSA) is 81.1 Å². The van der Waals surface area contributed by atoms with Gasteiger partial charge in [0, 0.05) is 23.2 Å². The van der Waals surface area contributed by atoms with E-state index in [0.29, 0.717) is 10.7 Å². The average molecular weight is 418 g/mol. The fraction of sp³-hybridized carbons (Fsp3) is 0.200. The van der Waals surface area contributed by atoms with Gasteiger partial charge in [0.25, 0.3) is 5.56 Å². The summed E-state index contributed by atoms with van der Waals surface area (Å²) in [7, 11) is -3.64. The highest BCUT2D eigenvalue weighted by Crippen LogP contribution is 2.18. The average Bonchev–Trinajstić information content (AvgIpc) is 2.70. The van der Waals surface area contributed by atoms with Crippen molar-refractivity contribution in [3.05, 3.63) is 81.6 Å². The Kier molecular flexibility index (Phi) is 6.28. The van der Waals surface area contributed by atoms with Gasteiger partial charge in [-0.05, 0) is 42.3 Å². The second kappa shape index (κ2) is 8.68. The zero-order chi connectivity index (χ0) is 20.1. The molecule has 1 aromatic heterocycles. The summed E-state index contributed by atoms with van der Waals surface area (Å²) in [5, 5.41) is 4.92. The maximum atomic E-state index is 12.4. The van der Waals surface area contributed by atoms with Crippen molar-refractivity contribution < 1.29 is 8.42 Å². The van der Waals surface area contributed by atoms with Crippen LogP contribution in [-0.2, 0) is 23.0 Å². The first-order valence-corrected chi connectivity index (χ1v) is 10.7. The van der Waals surface area contributed by atoms with Gasteiger partial charge in [-0.1, -0.05) is 42.8 Å². The predicted octanol–water partition coefficient (Wildman–Crippen LogP) is 3.10. The van der Waals surface area contributed by atoms with Crippen LogP contribution in [0.25, 0.3) is 11.3 Å². The fourth-order valence-corrected chi connectivity index (χ4v) is 3.80. The molecule has 0 saturated heterocycles. The molecule has 0 aliphatic carbocycles. The highest BCUT2D eigenvalue weighted by Gasteiger charge is 2.13. The number of hydrogen-bond donors (Lipinski definition) is 1. The molecule has 0 fully saturated rings. The molecular weight excluding hydrogens is 398 g/mol. The molecule has 0 aliphatic rings. The number of benzene rings is 2. The lowest BCUT2D eigenvalue weighted by Crippen LogP contribution is -2.32. The predicted molar refractivity (Wildman–Crippen MR) is 110 cm³/mol. The Bertz CT molecular complexity index is 1110. The maximum Gasteiger partial charge on any atom is 0.266 e. The van der Waals surface area contributed by atoms with Crippen molar-refractivity contribution >= 4 is 21.6 Å². The molecule has 1 heterocycles. The van der Waals surface area contributed by atoms with Crippen molar-refractivity contribution in [1.82, 2.24) is 14.5 Å². The normalized spacial score (nSPS) is 11.5. The third-order valence-corrected chi connectivity index (χ3v) is 5.99. The number of rotatable bonds is 7. The number of halogens is 1. The molecule has 0 amide bonds. The van der Waals surface area contributed by atoms with Crippen LogP contribution in [0, 0.1) is 0 Å². The van der Waals surface area contributed by atoms with E-state index in [9.17, 15) is 13.2 Å².